The lowest BCUT2D eigenvalue weighted by Gasteiger charge is -2.23. The minimum absolute atomic E-state index is 0.0356. The number of fused-ring (bicyclic) bond motifs is 1. The molecule has 0 fully saturated rings. The first-order valence-electron chi connectivity index (χ1n) is 10.2. The number of nitrogens with one attached hydrogen (secondary N) is 4. The lowest BCUT2D eigenvalue weighted by molar-refractivity contribution is -0.151. The smallest absolute Gasteiger partial charge is 0.328 e. The Balaban J connectivity index is 2.25. The highest BCUT2D eigenvalue weighted by molar-refractivity contribution is 6.31. The van der Waals surface area contributed by atoms with Crippen LogP contribution >= 0.6 is 11.6 Å². The van der Waals surface area contributed by atoms with E-state index >= 15 is 0 Å². The average Bonchev–Trinajstić information content (AvgIpc) is 3.04. The van der Waals surface area contributed by atoms with Crippen LogP contribution in [0, 0.1) is 5.41 Å². The number of benzene rings is 1. The highest BCUT2D eigenvalue weighted by Crippen LogP contribution is 2.27. The van der Waals surface area contributed by atoms with Crippen molar-refractivity contribution in [3.63, 3.8) is 0 Å². The highest BCUT2D eigenvalue weighted by Gasteiger charge is 2.29. The predicted octanol–water partition coefficient (Wildman–Crippen LogP) is 2.30. The molecule has 9 nitrogen and oxygen atoms in total. The summed E-state index contributed by atoms with van der Waals surface area (Å²) in [7, 11) is 0. The molecule has 10 heteroatoms. The number of para-hydroxylation sites is 1. The van der Waals surface area contributed by atoms with Crippen LogP contribution in [0.2, 0.25) is 5.15 Å². The summed E-state index contributed by atoms with van der Waals surface area (Å²) in [5.74, 6) is -2.22. The normalized spacial score (nSPS) is 12.8. The van der Waals surface area contributed by atoms with Crippen molar-refractivity contribution in [1.82, 2.24) is 15.6 Å². The summed E-state index contributed by atoms with van der Waals surface area (Å²) in [6.07, 6.45) is 0.176. The molecule has 32 heavy (non-hydrogen) atoms. The van der Waals surface area contributed by atoms with Gasteiger partial charge in [0.25, 0.3) is 0 Å². The van der Waals surface area contributed by atoms with Crippen molar-refractivity contribution in [2.75, 3.05) is 0 Å². The number of aromatic amines is 1. The van der Waals surface area contributed by atoms with Crippen molar-refractivity contribution in [1.29, 1.82) is 5.41 Å². The van der Waals surface area contributed by atoms with E-state index in [1.165, 1.54) is 6.92 Å². The first-order chi connectivity index (χ1) is 15.1. The SMILES string of the molecule is CC(=O)N[C@@H](Cc1c(Cl)[nH]c2ccccc12)C(=O)N[C@@H](CCC(=O)C=N)C(=O)OC(C)C. The van der Waals surface area contributed by atoms with Gasteiger partial charge in [0.2, 0.25) is 11.8 Å². The van der Waals surface area contributed by atoms with Gasteiger partial charge in [-0.1, -0.05) is 29.8 Å². The fourth-order valence-electron chi connectivity index (χ4n) is 3.22. The van der Waals surface area contributed by atoms with Crippen LogP contribution in [-0.2, 0) is 30.3 Å². The molecule has 172 valence electrons. The van der Waals surface area contributed by atoms with Crippen molar-refractivity contribution in [2.24, 2.45) is 0 Å². The molecule has 2 atom stereocenters. The minimum atomic E-state index is -1.11. The molecular weight excluding hydrogens is 436 g/mol. The maximum absolute atomic E-state index is 13.1. The molecule has 0 spiro atoms. The zero-order valence-corrected chi connectivity index (χ0v) is 18.9. The maximum atomic E-state index is 13.1. The number of carbonyl (C=O) groups is 4. The van der Waals surface area contributed by atoms with E-state index in [9.17, 15) is 19.2 Å². The Morgan fingerprint density at radius 1 is 1.16 bits per heavy atom. The molecule has 0 aliphatic heterocycles. The van der Waals surface area contributed by atoms with Crippen LogP contribution in [0.5, 0.6) is 0 Å². The number of rotatable bonds is 11. The number of Topliss-reactive ketones (excluding diaryl/α,β-unsaturated/α-hetero) is 1. The molecular formula is C22H27ClN4O5. The van der Waals surface area contributed by atoms with Crippen molar-refractivity contribution in [2.45, 2.75) is 58.2 Å². The Morgan fingerprint density at radius 3 is 2.47 bits per heavy atom. The zero-order chi connectivity index (χ0) is 23.8. The van der Waals surface area contributed by atoms with E-state index in [1.54, 1.807) is 13.8 Å². The topological polar surface area (TPSA) is 141 Å². The van der Waals surface area contributed by atoms with Crippen LogP contribution < -0.4 is 10.6 Å². The molecule has 0 saturated heterocycles. The molecule has 0 bridgehead atoms. The van der Waals surface area contributed by atoms with Gasteiger partial charge in [-0.3, -0.25) is 14.4 Å². The van der Waals surface area contributed by atoms with Crippen LogP contribution in [-0.4, -0.2) is 53.0 Å². The molecule has 0 aliphatic rings. The predicted molar refractivity (Wildman–Crippen MR) is 121 cm³/mol. The number of ether oxygens (including phenoxy) is 1. The first-order valence-corrected chi connectivity index (χ1v) is 10.6. The second kappa shape index (κ2) is 11.4. The van der Waals surface area contributed by atoms with Gasteiger partial charge in [-0.25, -0.2) is 4.79 Å². The molecule has 0 aliphatic carbocycles. The van der Waals surface area contributed by atoms with E-state index in [1.807, 2.05) is 24.3 Å². The maximum Gasteiger partial charge on any atom is 0.328 e. The molecule has 0 unspecified atom stereocenters. The molecule has 0 radical (unpaired) electrons. The second-order valence-corrected chi connectivity index (χ2v) is 7.99. The summed E-state index contributed by atoms with van der Waals surface area (Å²) in [6, 6.07) is 5.25. The van der Waals surface area contributed by atoms with Crippen molar-refractivity contribution in [3.8, 4) is 0 Å². The lowest BCUT2D eigenvalue weighted by atomic mass is 10.0. The Hall–Kier alpha value is -3.20. The van der Waals surface area contributed by atoms with Crippen molar-refractivity contribution >= 4 is 52.3 Å². The summed E-state index contributed by atoms with van der Waals surface area (Å²) in [5, 5.41) is 13.3. The number of halogens is 1. The molecule has 1 aromatic carbocycles. The van der Waals surface area contributed by atoms with Gasteiger partial charge in [-0.2, -0.15) is 0 Å². The zero-order valence-electron chi connectivity index (χ0n) is 18.2. The molecule has 2 rings (SSSR count). The molecule has 1 heterocycles. The third-order valence-corrected chi connectivity index (χ3v) is 4.98. The van der Waals surface area contributed by atoms with Gasteiger partial charge in [-0.05, 0) is 31.9 Å². The summed E-state index contributed by atoms with van der Waals surface area (Å²) >= 11 is 6.33. The van der Waals surface area contributed by atoms with Crippen LogP contribution in [0.25, 0.3) is 10.9 Å². The third kappa shape index (κ3) is 6.91. The lowest BCUT2D eigenvalue weighted by Crippen LogP contribution is -2.52. The number of H-pyrrole nitrogens is 1. The van der Waals surface area contributed by atoms with Gasteiger partial charge in [0.05, 0.1) is 12.3 Å². The summed E-state index contributed by atoms with van der Waals surface area (Å²) in [5.41, 5.74) is 1.44. The number of aromatic nitrogens is 1. The van der Waals surface area contributed by atoms with Gasteiger partial charge >= 0.3 is 5.97 Å². The van der Waals surface area contributed by atoms with Gasteiger partial charge < -0.3 is 25.8 Å². The molecule has 1 aromatic heterocycles. The third-order valence-electron chi connectivity index (χ3n) is 4.66. The van der Waals surface area contributed by atoms with E-state index in [2.05, 4.69) is 15.6 Å². The molecule has 0 saturated carbocycles. The van der Waals surface area contributed by atoms with Crippen LogP contribution in [0.3, 0.4) is 0 Å². The molecule has 2 amide bonds. The van der Waals surface area contributed by atoms with E-state index in [4.69, 9.17) is 21.7 Å². The van der Waals surface area contributed by atoms with E-state index < -0.39 is 41.8 Å². The Bertz CT molecular complexity index is 1020. The van der Waals surface area contributed by atoms with Crippen LogP contribution in [0.1, 0.15) is 39.2 Å². The second-order valence-electron chi connectivity index (χ2n) is 7.62. The van der Waals surface area contributed by atoms with Gasteiger partial charge in [0.15, 0.2) is 5.78 Å². The summed E-state index contributed by atoms with van der Waals surface area (Å²) < 4.78 is 5.19. The quantitative estimate of drug-likeness (QED) is 0.299. The summed E-state index contributed by atoms with van der Waals surface area (Å²) in [4.78, 5) is 51.8. The minimum Gasteiger partial charge on any atom is -0.461 e. The van der Waals surface area contributed by atoms with Crippen molar-refractivity contribution < 1.29 is 23.9 Å². The number of ketones is 1. The number of esters is 1. The number of amides is 2. The monoisotopic (exact) mass is 462 g/mol. The Kier molecular flexibility index (Phi) is 8.95. The van der Waals surface area contributed by atoms with Gasteiger partial charge in [0.1, 0.15) is 17.2 Å². The molecule has 2 aromatic rings. The number of hydrogen-bond donors (Lipinski definition) is 4. The standard InChI is InChI=1S/C22H27ClN4O5/c1-12(2)32-22(31)18(9-8-14(29)11-24)27-21(30)19(25-13(3)28)10-16-15-6-4-5-7-17(15)26-20(16)23/h4-7,11-12,18-19,24,26H,8-10H2,1-3H3,(H,25,28)(H,27,30)/t18-,19-/m0/s1. The van der Waals surface area contributed by atoms with E-state index in [-0.39, 0.29) is 19.3 Å². The average molecular weight is 463 g/mol. The first kappa shape index (κ1) is 25.1. The highest BCUT2D eigenvalue weighted by atomic mass is 35.5. The Morgan fingerprint density at radius 2 is 1.84 bits per heavy atom. The fraction of sp³-hybridized carbons (Fsp3) is 0.409. The Labute approximate surface area is 190 Å². The van der Waals surface area contributed by atoms with E-state index in [0.717, 1.165) is 10.9 Å². The number of hydrogen-bond acceptors (Lipinski definition) is 6. The molecule has 4 N–H and O–H groups in total. The van der Waals surface area contributed by atoms with Crippen molar-refractivity contribution in [3.05, 3.63) is 35.0 Å². The van der Waals surface area contributed by atoms with E-state index in [0.29, 0.717) is 16.9 Å². The fourth-order valence-corrected chi connectivity index (χ4v) is 3.50. The van der Waals surface area contributed by atoms with Gasteiger partial charge in [0, 0.05) is 30.7 Å². The number of carbonyl (C=O) groups excluding carboxylic acids is 4. The van der Waals surface area contributed by atoms with Crippen LogP contribution in [0.15, 0.2) is 24.3 Å². The largest absolute Gasteiger partial charge is 0.461 e. The van der Waals surface area contributed by atoms with Gasteiger partial charge in [-0.15, -0.1) is 0 Å². The summed E-state index contributed by atoms with van der Waals surface area (Å²) in [6.45, 7) is 4.61. The van der Waals surface area contributed by atoms with Crippen LogP contribution in [0.4, 0.5) is 0 Å².